The summed E-state index contributed by atoms with van der Waals surface area (Å²) >= 11 is 0. The number of ether oxygens (including phenoxy) is 1. The fourth-order valence-corrected chi connectivity index (χ4v) is 2.99. The van der Waals surface area contributed by atoms with Crippen LogP contribution in [-0.4, -0.2) is 7.11 Å². The number of benzene rings is 1. The molecule has 2 heteroatoms. The molecule has 1 aliphatic carbocycles. The van der Waals surface area contributed by atoms with Gasteiger partial charge < -0.3 is 10.5 Å². The monoisotopic (exact) mass is 233 g/mol. The van der Waals surface area contributed by atoms with E-state index in [2.05, 4.69) is 26.0 Å². The van der Waals surface area contributed by atoms with Crippen molar-refractivity contribution in [3.8, 4) is 5.75 Å². The molecule has 0 saturated heterocycles. The van der Waals surface area contributed by atoms with Crippen molar-refractivity contribution >= 4 is 0 Å². The van der Waals surface area contributed by atoms with Crippen LogP contribution in [0.4, 0.5) is 0 Å². The van der Waals surface area contributed by atoms with Crippen LogP contribution in [-0.2, 0) is 0 Å². The summed E-state index contributed by atoms with van der Waals surface area (Å²) in [5.41, 5.74) is 9.28. The lowest BCUT2D eigenvalue weighted by Crippen LogP contribution is -2.29. The Morgan fingerprint density at radius 1 is 1.29 bits per heavy atom. The third kappa shape index (κ3) is 2.32. The maximum absolute atomic E-state index is 6.49. The topological polar surface area (TPSA) is 35.2 Å². The Labute approximate surface area is 104 Å². The van der Waals surface area contributed by atoms with E-state index in [0.29, 0.717) is 0 Å². The van der Waals surface area contributed by atoms with Gasteiger partial charge in [0.1, 0.15) is 5.75 Å². The van der Waals surface area contributed by atoms with Gasteiger partial charge in [-0.05, 0) is 48.4 Å². The third-order valence-electron chi connectivity index (χ3n) is 4.31. The van der Waals surface area contributed by atoms with Crippen LogP contribution < -0.4 is 10.5 Å². The van der Waals surface area contributed by atoms with Gasteiger partial charge >= 0.3 is 0 Å². The fourth-order valence-electron chi connectivity index (χ4n) is 2.99. The quantitative estimate of drug-likeness (QED) is 0.866. The van der Waals surface area contributed by atoms with Gasteiger partial charge in [-0.2, -0.15) is 0 Å². The van der Waals surface area contributed by atoms with E-state index in [1.165, 1.54) is 36.8 Å². The van der Waals surface area contributed by atoms with Crippen LogP contribution in [0.5, 0.6) is 5.75 Å². The summed E-state index contributed by atoms with van der Waals surface area (Å²) in [6.45, 7) is 4.45. The molecule has 0 radical (unpaired) electrons. The Bertz CT molecular complexity index is 394. The largest absolute Gasteiger partial charge is 0.497 e. The van der Waals surface area contributed by atoms with Gasteiger partial charge in [0.05, 0.1) is 7.11 Å². The van der Waals surface area contributed by atoms with Crippen molar-refractivity contribution in [2.24, 2.45) is 11.1 Å². The SMILES string of the molecule is COc1ccc(C(N)C2(C)CCCC2)c(C)c1. The average Bonchev–Trinajstić information content (AvgIpc) is 2.76. The molecule has 1 aliphatic rings. The summed E-state index contributed by atoms with van der Waals surface area (Å²) in [5.74, 6) is 0.912. The lowest BCUT2D eigenvalue weighted by molar-refractivity contribution is 0.264. The molecule has 1 atom stereocenters. The first-order valence-electron chi connectivity index (χ1n) is 6.47. The van der Waals surface area contributed by atoms with Crippen LogP contribution in [0.1, 0.15) is 49.8 Å². The minimum atomic E-state index is 0.149. The molecule has 1 unspecified atom stereocenters. The summed E-state index contributed by atoms with van der Waals surface area (Å²) in [7, 11) is 1.70. The van der Waals surface area contributed by atoms with Crippen LogP contribution in [0.3, 0.4) is 0 Å². The maximum atomic E-state index is 6.49. The molecule has 1 fully saturated rings. The van der Waals surface area contributed by atoms with Crippen LogP contribution in [0.25, 0.3) is 0 Å². The van der Waals surface area contributed by atoms with Crippen LogP contribution in [0.2, 0.25) is 0 Å². The lowest BCUT2D eigenvalue weighted by Gasteiger charge is -2.32. The molecule has 94 valence electrons. The van der Waals surface area contributed by atoms with Crippen molar-refractivity contribution in [1.29, 1.82) is 0 Å². The highest BCUT2D eigenvalue weighted by Gasteiger charge is 2.36. The van der Waals surface area contributed by atoms with E-state index in [1.54, 1.807) is 7.11 Å². The summed E-state index contributed by atoms with van der Waals surface area (Å²) in [4.78, 5) is 0. The minimum absolute atomic E-state index is 0.149. The predicted molar refractivity (Wildman–Crippen MR) is 71.2 cm³/mol. The van der Waals surface area contributed by atoms with E-state index in [4.69, 9.17) is 10.5 Å². The molecule has 2 rings (SSSR count). The molecule has 0 bridgehead atoms. The number of hydrogen-bond acceptors (Lipinski definition) is 2. The summed E-state index contributed by atoms with van der Waals surface area (Å²) in [5, 5.41) is 0. The lowest BCUT2D eigenvalue weighted by atomic mass is 9.77. The molecule has 2 N–H and O–H groups in total. The molecule has 0 amide bonds. The first-order chi connectivity index (χ1) is 8.07. The zero-order chi connectivity index (χ0) is 12.5. The molecular formula is C15H23NO. The van der Waals surface area contributed by atoms with E-state index in [-0.39, 0.29) is 11.5 Å². The summed E-state index contributed by atoms with van der Waals surface area (Å²) < 4.78 is 5.24. The van der Waals surface area contributed by atoms with Crippen LogP contribution >= 0.6 is 0 Å². The highest BCUT2D eigenvalue weighted by Crippen LogP contribution is 2.46. The van der Waals surface area contributed by atoms with Crippen molar-refractivity contribution in [1.82, 2.24) is 0 Å². The first kappa shape index (κ1) is 12.4. The van der Waals surface area contributed by atoms with E-state index >= 15 is 0 Å². The second-order valence-corrected chi connectivity index (χ2v) is 5.56. The van der Waals surface area contributed by atoms with E-state index in [9.17, 15) is 0 Å². The zero-order valence-corrected chi connectivity index (χ0v) is 11.1. The number of nitrogens with two attached hydrogens (primary N) is 1. The average molecular weight is 233 g/mol. The highest BCUT2D eigenvalue weighted by molar-refractivity contribution is 5.37. The van der Waals surface area contributed by atoms with Gasteiger partial charge in [0, 0.05) is 6.04 Å². The molecule has 17 heavy (non-hydrogen) atoms. The van der Waals surface area contributed by atoms with Gasteiger partial charge in [-0.15, -0.1) is 0 Å². The van der Waals surface area contributed by atoms with Gasteiger partial charge in [0.2, 0.25) is 0 Å². The highest BCUT2D eigenvalue weighted by atomic mass is 16.5. The van der Waals surface area contributed by atoms with Crippen molar-refractivity contribution in [2.75, 3.05) is 7.11 Å². The van der Waals surface area contributed by atoms with Crippen molar-refractivity contribution < 1.29 is 4.74 Å². The second kappa shape index (κ2) is 4.69. The normalized spacial score (nSPS) is 20.2. The Balaban J connectivity index is 2.27. The van der Waals surface area contributed by atoms with Gasteiger partial charge in [0.25, 0.3) is 0 Å². The molecule has 2 nitrogen and oxygen atoms in total. The summed E-state index contributed by atoms with van der Waals surface area (Å²) in [6.07, 6.45) is 5.14. The first-order valence-corrected chi connectivity index (χ1v) is 6.47. The number of rotatable bonds is 3. The minimum Gasteiger partial charge on any atom is -0.497 e. The fraction of sp³-hybridized carbons (Fsp3) is 0.600. The molecule has 1 aromatic carbocycles. The zero-order valence-electron chi connectivity index (χ0n) is 11.1. The third-order valence-corrected chi connectivity index (χ3v) is 4.31. The van der Waals surface area contributed by atoms with Gasteiger partial charge in [-0.1, -0.05) is 25.8 Å². The molecule has 0 aliphatic heterocycles. The Morgan fingerprint density at radius 2 is 1.94 bits per heavy atom. The van der Waals surface area contributed by atoms with E-state index < -0.39 is 0 Å². The van der Waals surface area contributed by atoms with Crippen LogP contribution in [0, 0.1) is 12.3 Å². The van der Waals surface area contributed by atoms with Crippen molar-refractivity contribution in [2.45, 2.75) is 45.6 Å². The Hall–Kier alpha value is -1.02. The van der Waals surface area contributed by atoms with Crippen molar-refractivity contribution in [3.05, 3.63) is 29.3 Å². The molecule has 0 spiro atoms. The van der Waals surface area contributed by atoms with E-state index in [1.807, 2.05) is 6.07 Å². The second-order valence-electron chi connectivity index (χ2n) is 5.56. The summed E-state index contributed by atoms with van der Waals surface area (Å²) in [6, 6.07) is 6.37. The Morgan fingerprint density at radius 3 is 2.47 bits per heavy atom. The van der Waals surface area contributed by atoms with Gasteiger partial charge in [0.15, 0.2) is 0 Å². The van der Waals surface area contributed by atoms with Gasteiger partial charge in [-0.3, -0.25) is 0 Å². The Kier molecular flexibility index (Phi) is 3.43. The molecule has 0 aromatic heterocycles. The molecule has 0 heterocycles. The molecule has 1 aromatic rings. The standard InChI is InChI=1S/C15H23NO/c1-11-10-12(17-3)6-7-13(11)14(16)15(2)8-4-5-9-15/h6-7,10,14H,4-5,8-9,16H2,1-3H3. The number of aryl methyl sites for hydroxylation is 1. The predicted octanol–water partition coefficient (Wildman–Crippen LogP) is 3.58. The molecule has 1 saturated carbocycles. The van der Waals surface area contributed by atoms with Gasteiger partial charge in [-0.25, -0.2) is 0 Å². The van der Waals surface area contributed by atoms with E-state index in [0.717, 1.165) is 5.75 Å². The smallest absolute Gasteiger partial charge is 0.119 e. The number of methoxy groups -OCH3 is 1. The van der Waals surface area contributed by atoms with Crippen molar-refractivity contribution in [3.63, 3.8) is 0 Å². The number of hydrogen-bond donors (Lipinski definition) is 1. The maximum Gasteiger partial charge on any atom is 0.119 e. The molecular weight excluding hydrogens is 210 g/mol. The van der Waals surface area contributed by atoms with Crippen LogP contribution in [0.15, 0.2) is 18.2 Å².